The smallest absolute Gasteiger partial charge is 0.344 e. The zero-order chi connectivity index (χ0) is 13.7. The van der Waals surface area contributed by atoms with Crippen LogP contribution in [0.3, 0.4) is 0 Å². The molecule has 5 nitrogen and oxygen atoms in total. The molecule has 98 valence electrons. The molecule has 0 unspecified atom stereocenters. The van der Waals surface area contributed by atoms with Crippen molar-refractivity contribution in [2.45, 2.75) is 26.7 Å². The van der Waals surface area contributed by atoms with Gasteiger partial charge in [0.1, 0.15) is 0 Å². The maximum Gasteiger partial charge on any atom is 0.344 e. The van der Waals surface area contributed by atoms with Crippen LogP contribution >= 0.6 is 11.3 Å². The predicted molar refractivity (Wildman–Crippen MR) is 70.1 cm³/mol. The number of aryl methyl sites for hydroxylation is 1. The van der Waals surface area contributed by atoms with Gasteiger partial charge in [0, 0.05) is 6.20 Å². The standard InChI is InChI=1S/C12H15NO4S/c1-3-7-6-18-10(8(7)4-2)13-5-9(11(14)15)12(16)17/h5-6,13H,3-4H2,1-2H3,(H,14,15)(H,16,17). The largest absolute Gasteiger partial charge is 0.477 e. The van der Waals surface area contributed by atoms with Gasteiger partial charge in [-0.15, -0.1) is 11.3 Å². The molecule has 18 heavy (non-hydrogen) atoms. The Balaban J connectivity index is 2.97. The van der Waals surface area contributed by atoms with Gasteiger partial charge < -0.3 is 15.5 Å². The van der Waals surface area contributed by atoms with E-state index in [2.05, 4.69) is 5.32 Å². The van der Waals surface area contributed by atoms with Crippen LogP contribution in [0.4, 0.5) is 5.00 Å². The number of carboxylic acid groups (broad SMARTS) is 2. The summed E-state index contributed by atoms with van der Waals surface area (Å²) in [5, 5.41) is 23.0. The van der Waals surface area contributed by atoms with Gasteiger partial charge in [0.15, 0.2) is 5.57 Å². The normalized spacial score (nSPS) is 9.89. The summed E-state index contributed by atoms with van der Waals surface area (Å²) in [6.07, 6.45) is 2.74. The number of carbonyl (C=O) groups is 2. The Morgan fingerprint density at radius 2 is 1.89 bits per heavy atom. The number of nitrogens with one attached hydrogen (secondary N) is 1. The molecular weight excluding hydrogens is 254 g/mol. The van der Waals surface area contributed by atoms with Crippen LogP contribution < -0.4 is 5.32 Å². The van der Waals surface area contributed by atoms with E-state index in [9.17, 15) is 9.59 Å². The molecule has 0 fully saturated rings. The lowest BCUT2D eigenvalue weighted by Gasteiger charge is -2.04. The number of aliphatic carboxylic acids is 2. The van der Waals surface area contributed by atoms with E-state index in [4.69, 9.17) is 10.2 Å². The van der Waals surface area contributed by atoms with Crippen LogP contribution in [0.1, 0.15) is 25.0 Å². The second kappa shape index (κ2) is 6.20. The number of thiophene rings is 1. The van der Waals surface area contributed by atoms with E-state index in [-0.39, 0.29) is 0 Å². The monoisotopic (exact) mass is 269 g/mol. The SMILES string of the molecule is CCc1csc(NC=C(C(=O)O)C(=O)O)c1CC. The van der Waals surface area contributed by atoms with Crippen LogP contribution in [0.15, 0.2) is 17.2 Å². The minimum Gasteiger partial charge on any atom is -0.477 e. The first-order valence-electron chi connectivity index (χ1n) is 5.53. The van der Waals surface area contributed by atoms with Crippen molar-refractivity contribution in [2.24, 2.45) is 0 Å². The lowest BCUT2D eigenvalue weighted by Crippen LogP contribution is -2.12. The molecule has 0 saturated carbocycles. The lowest BCUT2D eigenvalue weighted by molar-refractivity contribution is -0.140. The van der Waals surface area contributed by atoms with Gasteiger partial charge in [0.25, 0.3) is 0 Å². The number of hydrogen-bond acceptors (Lipinski definition) is 4. The first-order chi connectivity index (χ1) is 8.51. The molecule has 0 aliphatic carbocycles. The van der Waals surface area contributed by atoms with E-state index in [0.29, 0.717) is 0 Å². The molecule has 0 aromatic carbocycles. The van der Waals surface area contributed by atoms with E-state index in [0.717, 1.165) is 29.6 Å². The van der Waals surface area contributed by atoms with Crippen molar-refractivity contribution in [3.05, 3.63) is 28.3 Å². The molecule has 1 aromatic rings. The van der Waals surface area contributed by atoms with Gasteiger partial charge in [-0.05, 0) is 29.3 Å². The summed E-state index contributed by atoms with van der Waals surface area (Å²) >= 11 is 1.45. The molecule has 0 amide bonds. The Bertz CT molecular complexity index is 474. The lowest BCUT2D eigenvalue weighted by atomic mass is 10.1. The van der Waals surface area contributed by atoms with Gasteiger partial charge in [0.05, 0.1) is 5.00 Å². The third-order valence-corrected chi connectivity index (χ3v) is 3.53. The maximum atomic E-state index is 10.7. The minimum absolute atomic E-state index is 0.677. The van der Waals surface area contributed by atoms with Crippen molar-refractivity contribution >= 4 is 28.3 Å². The fourth-order valence-corrected chi connectivity index (χ4v) is 2.69. The van der Waals surface area contributed by atoms with Gasteiger partial charge in [-0.1, -0.05) is 13.8 Å². The summed E-state index contributed by atoms with van der Waals surface area (Å²) in [5.41, 5.74) is 1.63. The molecule has 0 saturated heterocycles. The van der Waals surface area contributed by atoms with Crippen LogP contribution in [0.5, 0.6) is 0 Å². The van der Waals surface area contributed by atoms with E-state index in [1.54, 1.807) is 0 Å². The van der Waals surface area contributed by atoms with Crippen LogP contribution in [-0.2, 0) is 22.4 Å². The first-order valence-corrected chi connectivity index (χ1v) is 6.41. The molecule has 6 heteroatoms. The number of anilines is 1. The highest BCUT2D eigenvalue weighted by Gasteiger charge is 2.16. The second-order valence-corrected chi connectivity index (χ2v) is 4.47. The summed E-state index contributed by atoms with van der Waals surface area (Å²) in [6.45, 7) is 4.05. The Morgan fingerprint density at radius 1 is 1.28 bits per heavy atom. The molecule has 0 atom stereocenters. The Kier molecular flexibility index (Phi) is 4.91. The number of hydrogen-bond donors (Lipinski definition) is 3. The highest BCUT2D eigenvalue weighted by Crippen LogP contribution is 2.29. The van der Waals surface area contributed by atoms with Crippen molar-refractivity contribution < 1.29 is 19.8 Å². The van der Waals surface area contributed by atoms with Crippen molar-refractivity contribution in [3.63, 3.8) is 0 Å². The fourth-order valence-electron chi connectivity index (χ4n) is 1.58. The molecule has 0 spiro atoms. The Labute approximate surface area is 109 Å². The highest BCUT2D eigenvalue weighted by atomic mass is 32.1. The predicted octanol–water partition coefficient (Wildman–Crippen LogP) is 2.34. The van der Waals surface area contributed by atoms with Crippen LogP contribution in [0, 0.1) is 0 Å². The van der Waals surface area contributed by atoms with Gasteiger partial charge in [-0.2, -0.15) is 0 Å². The summed E-state index contributed by atoms with van der Waals surface area (Å²) < 4.78 is 0. The topological polar surface area (TPSA) is 86.6 Å². The van der Waals surface area contributed by atoms with Gasteiger partial charge >= 0.3 is 11.9 Å². The highest BCUT2D eigenvalue weighted by molar-refractivity contribution is 7.14. The van der Waals surface area contributed by atoms with Crippen LogP contribution in [0.25, 0.3) is 0 Å². The molecule has 0 radical (unpaired) electrons. The van der Waals surface area contributed by atoms with Crippen molar-refractivity contribution in [3.8, 4) is 0 Å². The van der Waals surface area contributed by atoms with Crippen molar-refractivity contribution in [1.29, 1.82) is 0 Å². The van der Waals surface area contributed by atoms with Crippen LogP contribution in [0.2, 0.25) is 0 Å². The Morgan fingerprint density at radius 3 is 2.33 bits per heavy atom. The molecular formula is C12H15NO4S. The van der Waals surface area contributed by atoms with Gasteiger partial charge in [-0.25, -0.2) is 9.59 Å². The van der Waals surface area contributed by atoms with Crippen molar-refractivity contribution in [1.82, 2.24) is 0 Å². The molecule has 0 aliphatic rings. The second-order valence-electron chi connectivity index (χ2n) is 3.59. The molecule has 1 aromatic heterocycles. The van der Waals surface area contributed by atoms with E-state index >= 15 is 0 Å². The third-order valence-electron chi connectivity index (χ3n) is 2.52. The minimum atomic E-state index is -1.46. The zero-order valence-corrected chi connectivity index (χ0v) is 11.0. The van der Waals surface area contributed by atoms with Crippen LogP contribution in [-0.4, -0.2) is 22.2 Å². The molecule has 0 aliphatic heterocycles. The van der Waals surface area contributed by atoms with E-state index < -0.39 is 17.5 Å². The van der Waals surface area contributed by atoms with Gasteiger partial charge in [-0.3, -0.25) is 0 Å². The van der Waals surface area contributed by atoms with E-state index in [1.807, 2.05) is 19.2 Å². The quantitative estimate of drug-likeness (QED) is 0.419. The maximum absolute atomic E-state index is 10.7. The molecule has 3 N–H and O–H groups in total. The number of rotatable bonds is 6. The summed E-state index contributed by atoms with van der Waals surface area (Å²) in [6, 6.07) is 0. The molecule has 0 bridgehead atoms. The van der Waals surface area contributed by atoms with E-state index in [1.165, 1.54) is 16.9 Å². The molecule has 1 heterocycles. The Hall–Kier alpha value is -1.82. The summed E-state index contributed by atoms with van der Waals surface area (Å²) in [5.74, 6) is -2.92. The average molecular weight is 269 g/mol. The first kappa shape index (κ1) is 14.2. The third kappa shape index (κ3) is 3.10. The number of carboxylic acids is 2. The summed E-state index contributed by atoms with van der Waals surface area (Å²) in [4.78, 5) is 21.4. The fraction of sp³-hybridized carbons (Fsp3) is 0.333. The summed E-state index contributed by atoms with van der Waals surface area (Å²) in [7, 11) is 0. The van der Waals surface area contributed by atoms with Crippen molar-refractivity contribution in [2.75, 3.05) is 5.32 Å². The van der Waals surface area contributed by atoms with Gasteiger partial charge in [0.2, 0.25) is 0 Å². The molecule has 1 rings (SSSR count). The average Bonchev–Trinajstić information content (AvgIpc) is 2.70. The zero-order valence-electron chi connectivity index (χ0n) is 10.2.